The van der Waals surface area contributed by atoms with Crippen molar-refractivity contribution in [3.63, 3.8) is 0 Å². The van der Waals surface area contributed by atoms with E-state index in [-0.39, 0.29) is 11.7 Å². The van der Waals surface area contributed by atoms with Gasteiger partial charge in [-0.1, -0.05) is 0 Å². The highest BCUT2D eigenvalue weighted by molar-refractivity contribution is 5.92. The molecular formula is C11H14N4O2. The van der Waals surface area contributed by atoms with Crippen molar-refractivity contribution in [2.45, 2.75) is 6.42 Å². The van der Waals surface area contributed by atoms with Gasteiger partial charge in [0.1, 0.15) is 5.69 Å². The molecule has 17 heavy (non-hydrogen) atoms. The number of amides is 1. The van der Waals surface area contributed by atoms with Crippen LogP contribution in [0.4, 0.5) is 5.95 Å². The van der Waals surface area contributed by atoms with E-state index in [4.69, 9.17) is 0 Å². The Hall–Kier alpha value is -1.98. The van der Waals surface area contributed by atoms with Crippen LogP contribution in [0.3, 0.4) is 0 Å². The maximum absolute atomic E-state index is 11.7. The van der Waals surface area contributed by atoms with E-state index in [1.54, 1.807) is 31.3 Å². The van der Waals surface area contributed by atoms with Gasteiger partial charge in [-0.05, 0) is 6.07 Å². The molecule has 90 valence electrons. The van der Waals surface area contributed by atoms with E-state index in [9.17, 15) is 9.59 Å². The lowest BCUT2D eigenvalue weighted by Gasteiger charge is -2.15. The molecule has 1 fully saturated rings. The Balaban J connectivity index is 2.22. The van der Waals surface area contributed by atoms with Crippen molar-refractivity contribution < 1.29 is 9.59 Å². The average Bonchev–Trinajstić information content (AvgIpc) is 2.75. The summed E-state index contributed by atoms with van der Waals surface area (Å²) in [6.45, 7) is 0.956. The van der Waals surface area contributed by atoms with E-state index in [0.29, 0.717) is 31.2 Å². The zero-order chi connectivity index (χ0) is 12.4. The lowest BCUT2D eigenvalue weighted by Crippen LogP contribution is -2.26. The molecule has 6 heteroatoms. The number of Topliss-reactive ketones (excluding diaryl/α,β-unsaturated/α-hetero) is 1. The van der Waals surface area contributed by atoms with Crippen molar-refractivity contribution in [3.8, 4) is 0 Å². The molecule has 0 bridgehead atoms. The van der Waals surface area contributed by atoms with E-state index in [1.807, 2.05) is 0 Å². The molecule has 0 saturated carbocycles. The Bertz CT molecular complexity index is 459. The fourth-order valence-corrected chi connectivity index (χ4v) is 1.65. The predicted octanol–water partition coefficient (Wildman–Crippen LogP) is -0.0424. The fraction of sp³-hybridized carbons (Fsp3) is 0.455. The van der Waals surface area contributed by atoms with Crippen LogP contribution in [-0.4, -0.2) is 53.7 Å². The molecule has 0 spiro atoms. The minimum Gasteiger partial charge on any atom is -0.343 e. The number of nitrogens with zero attached hydrogens (tertiary/aromatic N) is 4. The normalized spacial score (nSPS) is 15.2. The third-order valence-electron chi connectivity index (χ3n) is 2.58. The number of hydrogen-bond acceptors (Lipinski definition) is 5. The molecule has 2 heterocycles. The van der Waals surface area contributed by atoms with Crippen LogP contribution in [0, 0.1) is 0 Å². The summed E-state index contributed by atoms with van der Waals surface area (Å²) in [5.74, 6) is 0.459. The topological polar surface area (TPSA) is 66.4 Å². The van der Waals surface area contributed by atoms with Gasteiger partial charge in [0.05, 0.1) is 6.54 Å². The van der Waals surface area contributed by atoms with Crippen LogP contribution < -0.4 is 4.90 Å². The lowest BCUT2D eigenvalue weighted by atomic mass is 10.3. The summed E-state index contributed by atoms with van der Waals surface area (Å²) in [4.78, 5) is 34.4. The van der Waals surface area contributed by atoms with Crippen molar-refractivity contribution in [2.24, 2.45) is 0 Å². The van der Waals surface area contributed by atoms with Crippen molar-refractivity contribution >= 4 is 17.6 Å². The van der Waals surface area contributed by atoms with Crippen molar-refractivity contribution in [2.75, 3.05) is 32.1 Å². The maximum atomic E-state index is 11.7. The summed E-state index contributed by atoms with van der Waals surface area (Å²) in [5, 5.41) is 0. The first-order valence-electron chi connectivity index (χ1n) is 5.39. The summed E-state index contributed by atoms with van der Waals surface area (Å²) in [7, 11) is 3.34. The number of hydrogen-bond donors (Lipinski definition) is 0. The largest absolute Gasteiger partial charge is 0.343 e. The molecule has 6 nitrogen and oxygen atoms in total. The van der Waals surface area contributed by atoms with Crippen LogP contribution >= 0.6 is 0 Å². The Kier molecular flexibility index (Phi) is 3.03. The number of ketones is 1. The molecule has 1 aromatic rings. The molecule has 0 atom stereocenters. The third kappa shape index (κ3) is 2.41. The first-order chi connectivity index (χ1) is 8.08. The Morgan fingerprint density at radius 3 is 2.82 bits per heavy atom. The monoisotopic (exact) mass is 234 g/mol. The zero-order valence-corrected chi connectivity index (χ0v) is 9.88. The molecule has 0 unspecified atom stereocenters. The molecule has 0 N–H and O–H groups in total. The second-order valence-electron chi connectivity index (χ2n) is 4.15. The number of rotatable bonds is 2. The van der Waals surface area contributed by atoms with Crippen LogP contribution in [0.25, 0.3) is 0 Å². The smallest absolute Gasteiger partial charge is 0.272 e. The number of anilines is 1. The molecular weight excluding hydrogens is 220 g/mol. The molecule has 2 rings (SSSR count). The molecule has 1 saturated heterocycles. The number of carbonyl (C=O) groups is 2. The molecule has 0 radical (unpaired) electrons. The van der Waals surface area contributed by atoms with Gasteiger partial charge in [0.25, 0.3) is 5.91 Å². The van der Waals surface area contributed by atoms with Gasteiger partial charge >= 0.3 is 0 Å². The predicted molar refractivity (Wildman–Crippen MR) is 61.9 cm³/mol. The van der Waals surface area contributed by atoms with Gasteiger partial charge in [-0.2, -0.15) is 0 Å². The molecule has 1 amide bonds. The summed E-state index contributed by atoms with van der Waals surface area (Å²) < 4.78 is 0. The van der Waals surface area contributed by atoms with Crippen LogP contribution in [0.2, 0.25) is 0 Å². The highest BCUT2D eigenvalue weighted by Gasteiger charge is 2.22. The summed E-state index contributed by atoms with van der Waals surface area (Å²) >= 11 is 0. The fourth-order valence-electron chi connectivity index (χ4n) is 1.65. The Morgan fingerprint density at radius 1 is 1.47 bits per heavy atom. The quantitative estimate of drug-likeness (QED) is 0.718. The van der Waals surface area contributed by atoms with Gasteiger partial charge in [-0.3, -0.25) is 9.59 Å². The highest BCUT2D eigenvalue weighted by atomic mass is 16.2. The van der Waals surface area contributed by atoms with Crippen LogP contribution in [0.1, 0.15) is 16.9 Å². The van der Waals surface area contributed by atoms with Gasteiger partial charge in [0.2, 0.25) is 5.95 Å². The Morgan fingerprint density at radius 2 is 2.24 bits per heavy atom. The maximum Gasteiger partial charge on any atom is 0.272 e. The van der Waals surface area contributed by atoms with E-state index in [0.717, 1.165) is 0 Å². The van der Waals surface area contributed by atoms with E-state index >= 15 is 0 Å². The van der Waals surface area contributed by atoms with Crippen molar-refractivity contribution in [1.82, 2.24) is 14.9 Å². The van der Waals surface area contributed by atoms with Gasteiger partial charge < -0.3 is 9.80 Å². The van der Waals surface area contributed by atoms with Gasteiger partial charge in [-0.25, -0.2) is 9.97 Å². The van der Waals surface area contributed by atoms with Crippen molar-refractivity contribution in [1.29, 1.82) is 0 Å². The molecule has 0 aromatic carbocycles. The second-order valence-corrected chi connectivity index (χ2v) is 4.15. The number of carbonyl (C=O) groups excluding carboxylic acids is 2. The minimum absolute atomic E-state index is 0.167. The van der Waals surface area contributed by atoms with Gasteiger partial charge in [-0.15, -0.1) is 0 Å². The number of aromatic nitrogens is 2. The standard InChI is InChI=1S/C11H14N4O2/c1-14(2)10(17)9-3-5-12-11(13-9)15-6-4-8(16)7-15/h3,5H,4,6-7H2,1-2H3. The highest BCUT2D eigenvalue weighted by Crippen LogP contribution is 2.13. The Labute approximate surface area is 99.3 Å². The lowest BCUT2D eigenvalue weighted by molar-refractivity contribution is -0.116. The van der Waals surface area contributed by atoms with Gasteiger partial charge in [0.15, 0.2) is 5.78 Å². The van der Waals surface area contributed by atoms with E-state index in [2.05, 4.69) is 9.97 Å². The van der Waals surface area contributed by atoms with E-state index < -0.39 is 0 Å². The van der Waals surface area contributed by atoms with Gasteiger partial charge in [0, 0.05) is 33.3 Å². The van der Waals surface area contributed by atoms with Crippen molar-refractivity contribution in [3.05, 3.63) is 18.0 Å². The summed E-state index contributed by atoms with van der Waals surface area (Å²) in [6.07, 6.45) is 2.07. The third-order valence-corrected chi connectivity index (χ3v) is 2.58. The minimum atomic E-state index is -0.167. The second kappa shape index (κ2) is 4.48. The van der Waals surface area contributed by atoms with Crippen LogP contribution in [0.5, 0.6) is 0 Å². The SMILES string of the molecule is CN(C)C(=O)c1ccnc(N2CCC(=O)C2)n1. The first kappa shape index (κ1) is 11.5. The first-order valence-corrected chi connectivity index (χ1v) is 5.39. The van der Waals surface area contributed by atoms with Crippen LogP contribution in [-0.2, 0) is 4.79 Å². The average molecular weight is 234 g/mol. The molecule has 0 aliphatic carbocycles. The molecule has 1 aliphatic heterocycles. The summed E-state index contributed by atoms with van der Waals surface area (Å²) in [6, 6.07) is 1.57. The zero-order valence-electron chi connectivity index (χ0n) is 9.88. The van der Waals surface area contributed by atoms with Crippen LogP contribution in [0.15, 0.2) is 12.3 Å². The molecule has 1 aromatic heterocycles. The summed E-state index contributed by atoms with van der Waals surface area (Å²) in [5.41, 5.74) is 0.347. The van der Waals surface area contributed by atoms with E-state index in [1.165, 1.54) is 4.90 Å². The molecule has 1 aliphatic rings.